The predicted molar refractivity (Wildman–Crippen MR) is 130 cm³/mol. The van der Waals surface area contributed by atoms with Gasteiger partial charge >= 0.3 is 0 Å². The first-order valence-electron chi connectivity index (χ1n) is 10.4. The average Bonchev–Trinajstić information content (AvgIpc) is 2.85. The Labute approximate surface area is 200 Å². The normalized spacial score (nSPS) is 13.7. The van der Waals surface area contributed by atoms with Crippen LogP contribution in [0.2, 0.25) is 5.02 Å². The SMILES string of the molecule is COc1cccc(N2CCN(c3cc(SCC(=O)Nc4ccc(F)cc4Cl)ncn3)CC2)c1. The Balaban J connectivity index is 1.31. The minimum Gasteiger partial charge on any atom is -0.497 e. The number of ether oxygens (including phenoxy) is 1. The van der Waals surface area contributed by atoms with Crippen molar-refractivity contribution in [3.63, 3.8) is 0 Å². The van der Waals surface area contributed by atoms with Gasteiger partial charge in [0.15, 0.2) is 0 Å². The van der Waals surface area contributed by atoms with Crippen LogP contribution >= 0.6 is 23.4 Å². The maximum absolute atomic E-state index is 13.2. The molecule has 0 aliphatic carbocycles. The average molecular weight is 488 g/mol. The molecule has 1 aliphatic rings. The van der Waals surface area contributed by atoms with Gasteiger partial charge in [0.1, 0.15) is 28.7 Å². The number of aromatic nitrogens is 2. The minimum absolute atomic E-state index is 0.147. The number of carbonyl (C=O) groups is 1. The molecular formula is C23H23ClFN5O2S. The van der Waals surface area contributed by atoms with E-state index in [0.29, 0.717) is 10.7 Å². The summed E-state index contributed by atoms with van der Waals surface area (Å²) in [5.74, 6) is 1.12. The molecular weight excluding hydrogens is 465 g/mol. The molecule has 172 valence electrons. The quantitative estimate of drug-likeness (QED) is 0.392. The van der Waals surface area contributed by atoms with Crippen LogP contribution in [0.3, 0.4) is 0 Å². The van der Waals surface area contributed by atoms with Crippen molar-refractivity contribution in [2.24, 2.45) is 0 Å². The van der Waals surface area contributed by atoms with Gasteiger partial charge in [-0.25, -0.2) is 14.4 Å². The molecule has 3 aromatic rings. The second-order valence-corrected chi connectivity index (χ2v) is 8.75. The third kappa shape index (κ3) is 6.06. The van der Waals surface area contributed by atoms with Gasteiger partial charge in [-0.2, -0.15) is 0 Å². The zero-order chi connectivity index (χ0) is 23.2. The molecule has 2 aromatic carbocycles. The number of hydrogen-bond donors (Lipinski definition) is 1. The van der Waals surface area contributed by atoms with E-state index in [2.05, 4.69) is 31.2 Å². The summed E-state index contributed by atoms with van der Waals surface area (Å²) in [6.07, 6.45) is 1.51. The highest BCUT2D eigenvalue weighted by Crippen LogP contribution is 2.26. The van der Waals surface area contributed by atoms with Crippen LogP contribution in [0, 0.1) is 5.82 Å². The summed E-state index contributed by atoms with van der Waals surface area (Å²) in [5.41, 5.74) is 1.51. The van der Waals surface area contributed by atoms with Crippen molar-refractivity contribution < 1.29 is 13.9 Å². The first kappa shape index (κ1) is 23.1. The third-order valence-corrected chi connectivity index (χ3v) is 6.44. The van der Waals surface area contributed by atoms with Gasteiger partial charge in [-0.1, -0.05) is 29.4 Å². The van der Waals surface area contributed by atoms with Gasteiger partial charge in [0.2, 0.25) is 5.91 Å². The van der Waals surface area contributed by atoms with Crippen molar-refractivity contribution in [3.05, 3.63) is 65.7 Å². The molecule has 1 N–H and O–H groups in total. The topological polar surface area (TPSA) is 70.6 Å². The van der Waals surface area contributed by atoms with Crippen molar-refractivity contribution in [1.29, 1.82) is 0 Å². The first-order valence-corrected chi connectivity index (χ1v) is 11.7. The molecule has 10 heteroatoms. The van der Waals surface area contributed by atoms with Gasteiger partial charge in [-0.15, -0.1) is 0 Å². The Kier molecular flexibility index (Phi) is 7.51. The summed E-state index contributed by atoms with van der Waals surface area (Å²) in [6, 6.07) is 13.8. The van der Waals surface area contributed by atoms with E-state index in [1.807, 2.05) is 24.3 Å². The van der Waals surface area contributed by atoms with Crippen LogP contribution in [0.4, 0.5) is 21.6 Å². The van der Waals surface area contributed by atoms with Crippen molar-refractivity contribution in [2.75, 3.05) is 54.2 Å². The Morgan fingerprint density at radius 3 is 2.67 bits per heavy atom. The second-order valence-electron chi connectivity index (χ2n) is 7.35. The van der Waals surface area contributed by atoms with Gasteiger partial charge < -0.3 is 19.9 Å². The zero-order valence-corrected chi connectivity index (χ0v) is 19.6. The fourth-order valence-electron chi connectivity index (χ4n) is 3.50. The highest BCUT2D eigenvalue weighted by atomic mass is 35.5. The molecule has 1 fully saturated rings. The largest absolute Gasteiger partial charge is 0.497 e. The first-order chi connectivity index (χ1) is 16.0. The highest BCUT2D eigenvalue weighted by molar-refractivity contribution is 7.99. The van der Waals surface area contributed by atoms with E-state index in [9.17, 15) is 9.18 Å². The second kappa shape index (κ2) is 10.7. The van der Waals surface area contributed by atoms with E-state index < -0.39 is 5.82 Å². The lowest BCUT2D eigenvalue weighted by Gasteiger charge is -2.36. The molecule has 0 saturated carbocycles. The van der Waals surface area contributed by atoms with Gasteiger partial charge in [0, 0.05) is 44.0 Å². The van der Waals surface area contributed by atoms with E-state index in [0.717, 1.165) is 49.5 Å². The summed E-state index contributed by atoms with van der Waals surface area (Å²) in [6.45, 7) is 3.37. The van der Waals surface area contributed by atoms with Crippen LogP contribution in [-0.4, -0.2) is 54.9 Å². The van der Waals surface area contributed by atoms with Crippen LogP contribution in [0.25, 0.3) is 0 Å². The van der Waals surface area contributed by atoms with E-state index in [1.54, 1.807) is 7.11 Å². The number of piperazine rings is 1. The molecule has 33 heavy (non-hydrogen) atoms. The zero-order valence-electron chi connectivity index (χ0n) is 18.0. The monoisotopic (exact) mass is 487 g/mol. The Bertz CT molecular complexity index is 1130. The number of nitrogens with one attached hydrogen (secondary N) is 1. The summed E-state index contributed by atoms with van der Waals surface area (Å²) in [7, 11) is 1.67. The van der Waals surface area contributed by atoms with Crippen molar-refractivity contribution in [3.8, 4) is 5.75 Å². The number of halogens is 2. The number of anilines is 3. The molecule has 1 amide bonds. The lowest BCUT2D eigenvalue weighted by atomic mass is 10.2. The van der Waals surface area contributed by atoms with Gasteiger partial charge in [0.25, 0.3) is 0 Å². The molecule has 7 nitrogen and oxygen atoms in total. The number of methoxy groups -OCH3 is 1. The number of rotatable bonds is 7. The molecule has 1 aromatic heterocycles. The number of carbonyl (C=O) groups excluding carboxylic acids is 1. The van der Waals surface area contributed by atoms with E-state index in [1.165, 1.54) is 30.2 Å². The van der Waals surface area contributed by atoms with Crippen LogP contribution in [0.1, 0.15) is 0 Å². The predicted octanol–water partition coefficient (Wildman–Crippen LogP) is 4.34. The standard InChI is InChI=1S/C23H23ClFN5O2S/c1-32-18-4-2-3-17(12-18)29-7-9-30(10-8-29)21-13-23(27-15-26-21)33-14-22(31)28-20-6-5-16(25)11-19(20)24/h2-6,11-13,15H,7-10,14H2,1H3,(H,28,31). The fraction of sp³-hybridized carbons (Fsp3) is 0.261. The maximum atomic E-state index is 13.2. The summed E-state index contributed by atoms with van der Waals surface area (Å²) >= 11 is 7.27. The molecule has 0 bridgehead atoms. The van der Waals surface area contributed by atoms with Gasteiger partial charge in [-0.3, -0.25) is 4.79 Å². The molecule has 0 spiro atoms. The van der Waals surface area contributed by atoms with E-state index in [4.69, 9.17) is 16.3 Å². The lowest BCUT2D eigenvalue weighted by molar-refractivity contribution is -0.113. The van der Waals surface area contributed by atoms with Gasteiger partial charge in [-0.05, 0) is 30.3 Å². The van der Waals surface area contributed by atoms with Gasteiger partial charge in [0.05, 0.1) is 23.6 Å². The van der Waals surface area contributed by atoms with Crippen LogP contribution < -0.4 is 19.9 Å². The van der Waals surface area contributed by atoms with Crippen LogP contribution in [-0.2, 0) is 4.79 Å². The molecule has 0 unspecified atom stereocenters. The number of hydrogen-bond acceptors (Lipinski definition) is 7. The highest BCUT2D eigenvalue weighted by Gasteiger charge is 2.19. The van der Waals surface area contributed by atoms with E-state index in [-0.39, 0.29) is 16.7 Å². The number of thioether (sulfide) groups is 1. The molecule has 4 rings (SSSR count). The maximum Gasteiger partial charge on any atom is 0.234 e. The van der Waals surface area contributed by atoms with Crippen LogP contribution in [0.15, 0.2) is 59.9 Å². The number of benzene rings is 2. The molecule has 1 aliphatic heterocycles. The molecule has 1 saturated heterocycles. The Hall–Kier alpha value is -3.04. The summed E-state index contributed by atoms with van der Waals surface area (Å²) in [5, 5.41) is 3.55. The van der Waals surface area contributed by atoms with E-state index >= 15 is 0 Å². The minimum atomic E-state index is -0.454. The Morgan fingerprint density at radius 2 is 1.91 bits per heavy atom. The molecule has 2 heterocycles. The molecule has 0 atom stereocenters. The fourth-order valence-corrected chi connectivity index (χ4v) is 4.38. The summed E-state index contributed by atoms with van der Waals surface area (Å²) in [4.78, 5) is 25.5. The summed E-state index contributed by atoms with van der Waals surface area (Å²) < 4.78 is 18.5. The van der Waals surface area contributed by atoms with Crippen LogP contribution in [0.5, 0.6) is 5.75 Å². The lowest BCUT2D eigenvalue weighted by Crippen LogP contribution is -2.46. The van der Waals surface area contributed by atoms with Crippen molar-refractivity contribution >= 4 is 46.5 Å². The third-order valence-electron chi connectivity index (χ3n) is 5.21. The van der Waals surface area contributed by atoms with Crippen molar-refractivity contribution in [2.45, 2.75) is 5.03 Å². The number of amides is 1. The number of nitrogens with zero attached hydrogens (tertiary/aromatic N) is 4. The Morgan fingerprint density at radius 1 is 1.12 bits per heavy atom. The molecule has 0 radical (unpaired) electrons. The van der Waals surface area contributed by atoms with Crippen molar-refractivity contribution in [1.82, 2.24) is 9.97 Å². The smallest absolute Gasteiger partial charge is 0.234 e.